The monoisotopic (exact) mass is 863 g/mol. The van der Waals surface area contributed by atoms with Gasteiger partial charge >= 0.3 is 11.9 Å². The third-order valence-corrected chi connectivity index (χ3v) is 10.9. The van der Waals surface area contributed by atoms with Gasteiger partial charge in [-0.2, -0.15) is 0 Å². The SMILES string of the molecule is CC/C=C\C/C=C\C/C=C\CCCCCC(=O)OC(COCCCCCCCC/C=C\C/C=C\CCCCC)COC(=O)CCCCCCCCC/C=C\C/C=C\CCCCC. The summed E-state index contributed by atoms with van der Waals surface area (Å²) in [4.78, 5) is 25.4. The van der Waals surface area contributed by atoms with Gasteiger partial charge < -0.3 is 14.2 Å². The number of hydrogen-bond donors (Lipinski definition) is 0. The lowest BCUT2D eigenvalue weighted by atomic mass is 10.1. The standard InChI is InChI=1S/C57H98O5/c1-4-7-10-13-16-19-22-25-27-29-30-33-35-38-41-44-47-50-56(58)61-54-55(62-57(59)51-48-45-42-39-36-32-24-21-18-15-12-9-6-3)53-60-52-49-46-43-40-37-34-31-28-26-23-20-17-14-11-8-5-2/h9,12,16-21,25-28,32,36,55H,4-8,10-11,13-15,22-24,29-31,33-35,37-54H2,1-3H3/b12-9-,19-16-,20-17-,21-18-,27-25-,28-26-,36-32-. The summed E-state index contributed by atoms with van der Waals surface area (Å²) >= 11 is 0. The lowest BCUT2D eigenvalue weighted by molar-refractivity contribution is -0.163. The molecular weight excluding hydrogens is 765 g/mol. The quantitative estimate of drug-likeness (QED) is 0.0346. The summed E-state index contributed by atoms with van der Waals surface area (Å²) in [5, 5.41) is 0. The second-order valence-corrected chi connectivity index (χ2v) is 17.0. The number of ether oxygens (including phenoxy) is 3. The van der Waals surface area contributed by atoms with Gasteiger partial charge in [0.1, 0.15) is 6.61 Å². The maximum atomic E-state index is 12.8. The van der Waals surface area contributed by atoms with Gasteiger partial charge in [0.2, 0.25) is 0 Å². The van der Waals surface area contributed by atoms with Gasteiger partial charge in [-0.3, -0.25) is 9.59 Å². The van der Waals surface area contributed by atoms with Gasteiger partial charge in [-0.15, -0.1) is 0 Å². The van der Waals surface area contributed by atoms with E-state index in [0.717, 1.165) is 89.9 Å². The Morgan fingerprint density at radius 3 is 1.18 bits per heavy atom. The summed E-state index contributed by atoms with van der Waals surface area (Å²) in [5.74, 6) is -0.446. The molecule has 0 aromatic carbocycles. The van der Waals surface area contributed by atoms with Crippen LogP contribution in [0.5, 0.6) is 0 Å². The topological polar surface area (TPSA) is 61.8 Å². The Hall–Kier alpha value is -2.92. The van der Waals surface area contributed by atoms with Gasteiger partial charge in [-0.05, 0) is 116 Å². The Morgan fingerprint density at radius 1 is 0.371 bits per heavy atom. The fraction of sp³-hybridized carbons (Fsp3) is 0.719. The first kappa shape index (κ1) is 59.1. The predicted molar refractivity (Wildman–Crippen MR) is 270 cm³/mol. The third-order valence-electron chi connectivity index (χ3n) is 10.9. The van der Waals surface area contributed by atoms with Gasteiger partial charge in [0.15, 0.2) is 6.10 Å². The molecule has 0 aliphatic carbocycles. The molecule has 1 unspecified atom stereocenters. The smallest absolute Gasteiger partial charge is 0.306 e. The molecule has 5 heteroatoms. The minimum Gasteiger partial charge on any atom is -0.462 e. The highest BCUT2D eigenvalue weighted by Gasteiger charge is 2.17. The zero-order chi connectivity index (χ0) is 44.9. The van der Waals surface area contributed by atoms with Crippen LogP contribution >= 0.6 is 0 Å². The van der Waals surface area contributed by atoms with Crippen molar-refractivity contribution in [2.45, 2.75) is 245 Å². The van der Waals surface area contributed by atoms with E-state index in [2.05, 4.69) is 106 Å². The van der Waals surface area contributed by atoms with E-state index in [1.807, 2.05) is 0 Å². The minimum atomic E-state index is -0.564. The van der Waals surface area contributed by atoms with Crippen LogP contribution in [0, 0.1) is 0 Å². The van der Waals surface area contributed by atoms with Crippen molar-refractivity contribution in [3.8, 4) is 0 Å². The summed E-state index contributed by atoms with van der Waals surface area (Å²) in [5.41, 5.74) is 0. The van der Waals surface area contributed by atoms with E-state index < -0.39 is 6.10 Å². The van der Waals surface area contributed by atoms with Crippen molar-refractivity contribution in [3.63, 3.8) is 0 Å². The normalized spacial score (nSPS) is 12.9. The van der Waals surface area contributed by atoms with Gasteiger partial charge in [0, 0.05) is 19.4 Å². The number of esters is 2. The minimum absolute atomic E-state index is 0.0616. The molecule has 356 valence electrons. The average molecular weight is 863 g/mol. The maximum absolute atomic E-state index is 12.8. The second kappa shape index (κ2) is 52.4. The van der Waals surface area contributed by atoms with Gasteiger partial charge in [0.25, 0.3) is 0 Å². The highest BCUT2D eigenvalue weighted by Crippen LogP contribution is 2.13. The molecule has 0 radical (unpaired) electrons. The van der Waals surface area contributed by atoms with Crippen LogP contribution in [0.4, 0.5) is 0 Å². The molecule has 1 atom stereocenters. The highest BCUT2D eigenvalue weighted by atomic mass is 16.6. The fourth-order valence-electron chi connectivity index (χ4n) is 7.00. The van der Waals surface area contributed by atoms with E-state index in [-0.39, 0.29) is 25.2 Å². The summed E-state index contributed by atoms with van der Waals surface area (Å²) in [6.45, 7) is 7.61. The molecule has 62 heavy (non-hydrogen) atoms. The van der Waals surface area contributed by atoms with Crippen LogP contribution in [0.15, 0.2) is 85.1 Å². The molecule has 0 fully saturated rings. The summed E-state index contributed by atoms with van der Waals surface area (Å²) in [6, 6.07) is 0. The van der Waals surface area contributed by atoms with Crippen LogP contribution < -0.4 is 0 Å². The number of carbonyl (C=O) groups excluding carboxylic acids is 2. The molecule has 0 saturated heterocycles. The molecule has 0 amide bonds. The molecule has 0 spiro atoms. The first-order valence-electron chi connectivity index (χ1n) is 26.1. The van der Waals surface area contributed by atoms with Crippen LogP contribution in [-0.2, 0) is 23.8 Å². The predicted octanol–water partition coefficient (Wildman–Crippen LogP) is 17.7. The number of hydrogen-bond acceptors (Lipinski definition) is 5. The van der Waals surface area contributed by atoms with Crippen molar-refractivity contribution in [2.24, 2.45) is 0 Å². The van der Waals surface area contributed by atoms with Crippen LogP contribution in [0.1, 0.15) is 239 Å². The van der Waals surface area contributed by atoms with Crippen molar-refractivity contribution in [1.82, 2.24) is 0 Å². The van der Waals surface area contributed by atoms with Crippen molar-refractivity contribution in [1.29, 1.82) is 0 Å². The van der Waals surface area contributed by atoms with Gasteiger partial charge in [0.05, 0.1) is 6.61 Å². The molecule has 0 rings (SSSR count). The molecule has 0 aromatic rings. The number of carbonyl (C=O) groups is 2. The molecule has 0 heterocycles. The van der Waals surface area contributed by atoms with Crippen LogP contribution in [0.3, 0.4) is 0 Å². The molecule has 0 aliphatic rings. The summed E-state index contributed by atoms with van der Waals surface area (Å²) in [6.07, 6.45) is 68.7. The van der Waals surface area contributed by atoms with E-state index >= 15 is 0 Å². The maximum Gasteiger partial charge on any atom is 0.306 e. The Labute approximate surface area is 384 Å². The average Bonchev–Trinajstić information content (AvgIpc) is 3.27. The highest BCUT2D eigenvalue weighted by molar-refractivity contribution is 5.70. The molecule has 0 aliphatic heterocycles. The zero-order valence-corrected chi connectivity index (χ0v) is 40.9. The fourth-order valence-corrected chi connectivity index (χ4v) is 7.00. The van der Waals surface area contributed by atoms with E-state index in [0.29, 0.717) is 19.4 Å². The van der Waals surface area contributed by atoms with Crippen LogP contribution in [0.2, 0.25) is 0 Å². The zero-order valence-electron chi connectivity index (χ0n) is 40.9. The number of rotatable bonds is 47. The van der Waals surface area contributed by atoms with Crippen molar-refractivity contribution >= 4 is 11.9 Å². The Balaban J connectivity index is 4.33. The molecule has 0 aromatic heterocycles. The lowest BCUT2D eigenvalue weighted by Gasteiger charge is -2.18. The lowest BCUT2D eigenvalue weighted by Crippen LogP contribution is -2.30. The van der Waals surface area contributed by atoms with E-state index in [1.165, 1.54) is 116 Å². The van der Waals surface area contributed by atoms with Crippen molar-refractivity contribution in [3.05, 3.63) is 85.1 Å². The molecule has 0 N–H and O–H groups in total. The summed E-state index contributed by atoms with van der Waals surface area (Å²) < 4.78 is 17.4. The van der Waals surface area contributed by atoms with Crippen molar-refractivity contribution in [2.75, 3.05) is 19.8 Å². The van der Waals surface area contributed by atoms with Gasteiger partial charge in [-0.25, -0.2) is 0 Å². The largest absolute Gasteiger partial charge is 0.462 e. The number of unbranched alkanes of at least 4 members (excludes halogenated alkanes) is 22. The molecule has 0 bridgehead atoms. The van der Waals surface area contributed by atoms with E-state index in [4.69, 9.17) is 14.2 Å². The first-order valence-corrected chi connectivity index (χ1v) is 26.1. The van der Waals surface area contributed by atoms with E-state index in [1.54, 1.807) is 0 Å². The van der Waals surface area contributed by atoms with Crippen LogP contribution in [-0.4, -0.2) is 37.9 Å². The Bertz CT molecular complexity index is 1160. The molecular formula is C57H98O5. The van der Waals surface area contributed by atoms with E-state index in [9.17, 15) is 9.59 Å². The molecule has 5 nitrogen and oxygen atoms in total. The third kappa shape index (κ3) is 49.7. The summed E-state index contributed by atoms with van der Waals surface area (Å²) in [7, 11) is 0. The Kier molecular flexibility index (Phi) is 50.0. The number of allylic oxidation sites excluding steroid dienone is 14. The first-order chi connectivity index (χ1) is 30.6. The molecule has 0 saturated carbocycles. The van der Waals surface area contributed by atoms with Gasteiger partial charge in [-0.1, -0.05) is 196 Å². The van der Waals surface area contributed by atoms with Crippen molar-refractivity contribution < 1.29 is 23.8 Å². The second-order valence-electron chi connectivity index (χ2n) is 17.0. The Morgan fingerprint density at radius 2 is 0.726 bits per heavy atom. The van der Waals surface area contributed by atoms with Crippen LogP contribution in [0.25, 0.3) is 0 Å².